The van der Waals surface area contributed by atoms with E-state index in [4.69, 9.17) is 11.6 Å². The van der Waals surface area contributed by atoms with Crippen molar-refractivity contribution in [3.8, 4) is 0 Å². The lowest BCUT2D eigenvalue weighted by molar-refractivity contribution is 0.0747. The van der Waals surface area contributed by atoms with Crippen LogP contribution in [0.3, 0.4) is 0 Å². The summed E-state index contributed by atoms with van der Waals surface area (Å²) in [5.41, 5.74) is 2.52. The molecule has 0 unspecified atom stereocenters. The molecule has 7 nitrogen and oxygen atoms in total. The van der Waals surface area contributed by atoms with E-state index >= 15 is 0 Å². The van der Waals surface area contributed by atoms with Gasteiger partial charge < -0.3 is 15.1 Å². The zero-order valence-electron chi connectivity index (χ0n) is 17.3. The molecule has 5 rings (SSSR count). The first-order valence-electron chi connectivity index (χ1n) is 10.5. The first kappa shape index (κ1) is 21.6. The molecule has 2 fully saturated rings. The summed E-state index contributed by atoms with van der Waals surface area (Å²) < 4.78 is 23.5. The van der Waals surface area contributed by atoms with Gasteiger partial charge in [-0.1, -0.05) is 29.4 Å². The molecule has 2 atom stereocenters. The number of carbonyl (C=O) groups is 1. The molecule has 0 saturated carbocycles. The van der Waals surface area contributed by atoms with Crippen LogP contribution < -0.4 is 10.2 Å². The highest BCUT2D eigenvalue weighted by Crippen LogP contribution is 2.34. The number of nitrogens with zero attached hydrogens (tertiary/aromatic N) is 3. The van der Waals surface area contributed by atoms with Crippen LogP contribution in [0.15, 0.2) is 53.5 Å². The van der Waals surface area contributed by atoms with E-state index in [1.807, 2.05) is 53.4 Å². The number of benzene rings is 2. The second kappa shape index (κ2) is 8.61. The molecule has 3 heterocycles. The highest BCUT2D eigenvalue weighted by Gasteiger charge is 2.42. The van der Waals surface area contributed by atoms with Crippen LogP contribution in [0.5, 0.6) is 0 Å². The maximum Gasteiger partial charge on any atom is 0.254 e. The van der Waals surface area contributed by atoms with Gasteiger partial charge >= 0.3 is 0 Å². The molecule has 1 N–H and O–H groups in total. The van der Waals surface area contributed by atoms with Crippen molar-refractivity contribution in [3.05, 3.63) is 59.1 Å². The van der Waals surface area contributed by atoms with Gasteiger partial charge in [0.25, 0.3) is 5.91 Å². The average Bonchev–Trinajstić information content (AvgIpc) is 3.26. The topological polar surface area (TPSA) is 82.1 Å². The quantitative estimate of drug-likeness (QED) is 0.712. The number of halogens is 1. The summed E-state index contributed by atoms with van der Waals surface area (Å²) in [6.07, 6.45) is 0. The van der Waals surface area contributed by atoms with Gasteiger partial charge in [0, 0.05) is 53.4 Å². The van der Waals surface area contributed by atoms with Crippen LogP contribution in [-0.2, 0) is 9.84 Å². The van der Waals surface area contributed by atoms with Crippen molar-refractivity contribution in [3.63, 3.8) is 0 Å². The SMILES string of the molecule is O=C(c1cccc(NC2=N[C@@H]3CS(=O)(=O)C[C@@H]3S2)c1)N1CCN(c2ccc(Cl)cc2)CC1. The summed E-state index contributed by atoms with van der Waals surface area (Å²) in [5.74, 6) is 0.307. The van der Waals surface area contributed by atoms with Crippen molar-refractivity contribution in [2.45, 2.75) is 11.3 Å². The van der Waals surface area contributed by atoms with Crippen LogP contribution in [-0.4, -0.2) is 73.4 Å². The Morgan fingerprint density at radius 1 is 1.06 bits per heavy atom. The minimum absolute atomic E-state index is 0.00776. The molecular weight excluding hydrogens is 468 g/mol. The fraction of sp³-hybridized carbons (Fsp3) is 0.364. The molecule has 0 aliphatic carbocycles. The van der Waals surface area contributed by atoms with E-state index in [1.165, 1.54) is 11.8 Å². The second-order valence-electron chi connectivity index (χ2n) is 8.20. The molecule has 32 heavy (non-hydrogen) atoms. The molecule has 2 aromatic carbocycles. The van der Waals surface area contributed by atoms with E-state index in [9.17, 15) is 13.2 Å². The highest BCUT2D eigenvalue weighted by atomic mass is 35.5. The van der Waals surface area contributed by atoms with Gasteiger partial charge in [0.2, 0.25) is 0 Å². The van der Waals surface area contributed by atoms with E-state index < -0.39 is 9.84 Å². The summed E-state index contributed by atoms with van der Waals surface area (Å²) in [6, 6.07) is 15.0. The third kappa shape index (κ3) is 4.60. The summed E-state index contributed by atoms with van der Waals surface area (Å²) in [4.78, 5) is 21.7. The number of sulfone groups is 1. The van der Waals surface area contributed by atoms with Gasteiger partial charge in [0.05, 0.1) is 17.5 Å². The fourth-order valence-corrected chi connectivity index (χ4v) is 8.07. The monoisotopic (exact) mass is 490 g/mol. The molecule has 3 aliphatic heterocycles. The molecule has 1 amide bonds. The van der Waals surface area contributed by atoms with Crippen molar-refractivity contribution < 1.29 is 13.2 Å². The van der Waals surface area contributed by atoms with Crippen LogP contribution in [0.1, 0.15) is 10.4 Å². The van der Waals surface area contributed by atoms with E-state index in [0.29, 0.717) is 23.7 Å². The Balaban J connectivity index is 1.20. The number of thioether (sulfide) groups is 1. The van der Waals surface area contributed by atoms with Crippen molar-refractivity contribution in [2.24, 2.45) is 4.99 Å². The summed E-state index contributed by atoms with van der Waals surface area (Å²) in [5, 5.41) is 4.68. The van der Waals surface area contributed by atoms with Gasteiger partial charge in [-0.2, -0.15) is 0 Å². The zero-order valence-corrected chi connectivity index (χ0v) is 19.7. The molecule has 0 aromatic heterocycles. The Labute approximate surface area is 196 Å². The predicted octanol–water partition coefficient (Wildman–Crippen LogP) is 2.98. The van der Waals surface area contributed by atoms with Gasteiger partial charge in [-0.15, -0.1) is 0 Å². The molecule has 0 radical (unpaired) electrons. The Kier molecular flexibility index (Phi) is 5.81. The maximum absolute atomic E-state index is 13.1. The molecule has 2 aromatic rings. The van der Waals surface area contributed by atoms with Crippen LogP contribution in [0.2, 0.25) is 5.02 Å². The molecule has 2 saturated heterocycles. The number of carbonyl (C=O) groups excluding carboxylic acids is 1. The fourth-order valence-electron chi connectivity index (χ4n) is 4.27. The van der Waals surface area contributed by atoms with Crippen molar-refractivity contribution in [1.29, 1.82) is 0 Å². The number of hydrogen-bond donors (Lipinski definition) is 1. The summed E-state index contributed by atoms with van der Waals surface area (Å²) >= 11 is 7.45. The normalized spacial score (nSPS) is 24.2. The number of amides is 1. The number of amidine groups is 1. The van der Waals surface area contributed by atoms with Crippen molar-refractivity contribution >= 4 is 55.6 Å². The molecule has 10 heteroatoms. The number of aliphatic imine (C=N–C) groups is 1. The van der Waals surface area contributed by atoms with E-state index in [-0.39, 0.29) is 28.7 Å². The summed E-state index contributed by atoms with van der Waals surface area (Å²) in [6.45, 7) is 2.84. The molecular formula is C22H23ClN4O3S2. The Morgan fingerprint density at radius 2 is 1.81 bits per heavy atom. The smallest absolute Gasteiger partial charge is 0.254 e. The van der Waals surface area contributed by atoms with Crippen molar-refractivity contribution in [2.75, 3.05) is 47.9 Å². The Hall–Kier alpha value is -2.23. The predicted molar refractivity (Wildman–Crippen MR) is 131 cm³/mol. The molecule has 0 bridgehead atoms. The van der Waals surface area contributed by atoms with Gasteiger partial charge in [0.1, 0.15) is 0 Å². The lowest BCUT2D eigenvalue weighted by atomic mass is 10.1. The summed E-state index contributed by atoms with van der Waals surface area (Å²) in [7, 11) is -2.97. The lowest BCUT2D eigenvalue weighted by Gasteiger charge is -2.36. The minimum atomic E-state index is -2.97. The Bertz CT molecular complexity index is 1160. The van der Waals surface area contributed by atoms with E-state index in [0.717, 1.165) is 29.6 Å². The standard InChI is InChI=1S/C22H23ClN4O3S2/c23-16-4-6-18(7-5-16)26-8-10-27(11-9-26)21(28)15-2-1-3-17(12-15)24-22-25-19-13-32(29,30)14-20(19)31-22/h1-7,12,19-20H,8-11,13-14H2,(H,24,25)/t19-,20+/m1/s1. The lowest BCUT2D eigenvalue weighted by Crippen LogP contribution is -2.48. The third-order valence-electron chi connectivity index (χ3n) is 5.94. The largest absolute Gasteiger partial charge is 0.368 e. The van der Waals surface area contributed by atoms with Crippen LogP contribution >= 0.6 is 23.4 Å². The van der Waals surface area contributed by atoms with Gasteiger partial charge in [-0.05, 0) is 42.5 Å². The first-order chi connectivity index (χ1) is 15.4. The second-order valence-corrected chi connectivity index (χ2v) is 12.0. The van der Waals surface area contributed by atoms with Crippen molar-refractivity contribution in [1.82, 2.24) is 4.90 Å². The number of piperazine rings is 1. The zero-order chi connectivity index (χ0) is 22.3. The van der Waals surface area contributed by atoms with Gasteiger partial charge in [-0.3, -0.25) is 9.79 Å². The minimum Gasteiger partial charge on any atom is -0.368 e. The third-order valence-corrected chi connectivity index (χ3v) is 9.33. The highest BCUT2D eigenvalue weighted by molar-refractivity contribution is 8.15. The van der Waals surface area contributed by atoms with Crippen LogP contribution in [0.25, 0.3) is 0 Å². The molecule has 3 aliphatic rings. The molecule has 168 valence electrons. The Morgan fingerprint density at radius 3 is 2.53 bits per heavy atom. The van der Waals surface area contributed by atoms with E-state index in [2.05, 4.69) is 15.2 Å². The van der Waals surface area contributed by atoms with Crippen LogP contribution in [0, 0.1) is 0 Å². The van der Waals surface area contributed by atoms with E-state index in [1.54, 1.807) is 0 Å². The maximum atomic E-state index is 13.1. The number of hydrogen-bond acceptors (Lipinski definition) is 7. The average molecular weight is 491 g/mol. The van der Waals surface area contributed by atoms with Gasteiger partial charge in [-0.25, -0.2) is 8.42 Å². The number of rotatable bonds is 3. The molecule has 0 spiro atoms. The number of anilines is 2. The van der Waals surface area contributed by atoms with Gasteiger partial charge in [0.15, 0.2) is 15.0 Å². The number of nitrogens with one attached hydrogen (secondary N) is 1. The number of fused-ring (bicyclic) bond motifs is 1. The first-order valence-corrected chi connectivity index (χ1v) is 13.6. The van der Waals surface area contributed by atoms with Crippen LogP contribution in [0.4, 0.5) is 11.4 Å².